The number of nitrogens with zero attached hydrogens (tertiary/aromatic N) is 5. The van der Waals surface area contributed by atoms with E-state index < -0.39 is 5.60 Å². The third kappa shape index (κ3) is 4.41. The van der Waals surface area contributed by atoms with Crippen LogP contribution in [0, 0.1) is 6.92 Å². The number of carbonyl (C=O) groups excluding carboxylic acids is 2. The van der Waals surface area contributed by atoms with E-state index in [4.69, 9.17) is 9.36 Å². The summed E-state index contributed by atoms with van der Waals surface area (Å²) in [5, 5.41) is 10.6. The van der Waals surface area contributed by atoms with Crippen LogP contribution < -0.4 is 5.32 Å². The third-order valence-corrected chi connectivity index (χ3v) is 5.04. The molecule has 0 unspecified atom stereocenters. The Bertz CT molecular complexity index is 928. The summed E-state index contributed by atoms with van der Waals surface area (Å²) in [7, 11) is 0. The van der Waals surface area contributed by atoms with Crippen LogP contribution in [0.4, 0.5) is 0 Å². The number of hydrogen-bond acceptors (Lipinski definition) is 8. The monoisotopic (exact) mass is 398 g/mol. The van der Waals surface area contributed by atoms with Crippen molar-refractivity contribution in [3.8, 4) is 0 Å². The van der Waals surface area contributed by atoms with Gasteiger partial charge in [-0.15, -0.1) is 0 Å². The van der Waals surface area contributed by atoms with Crippen molar-refractivity contribution in [1.82, 2.24) is 25.3 Å². The number of likely N-dealkylation sites (tertiary alicyclic amines) is 1. The van der Waals surface area contributed by atoms with Crippen LogP contribution in [0.1, 0.15) is 36.5 Å². The average Bonchev–Trinajstić information content (AvgIpc) is 3.33. The van der Waals surface area contributed by atoms with Gasteiger partial charge in [0.25, 0.3) is 5.91 Å². The van der Waals surface area contributed by atoms with Crippen molar-refractivity contribution >= 4 is 17.5 Å². The van der Waals surface area contributed by atoms with Gasteiger partial charge in [-0.2, -0.15) is 4.98 Å². The number of rotatable bonds is 5. The zero-order valence-electron chi connectivity index (χ0n) is 16.1. The van der Waals surface area contributed by atoms with E-state index >= 15 is 0 Å². The van der Waals surface area contributed by atoms with Gasteiger partial charge < -0.3 is 19.6 Å². The Morgan fingerprint density at radius 2 is 2.28 bits per heavy atom. The van der Waals surface area contributed by atoms with E-state index in [-0.39, 0.29) is 18.2 Å². The molecule has 1 fully saturated rings. The van der Waals surface area contributed by atoms with E-state index in [2.05, 4.69) is 25.6 Å². The van der Waals surface area contributed by atoms with Gasteiger partial charge in [-0.3, -0.25) is 14.6 Å². The van der Waals surface area contributed by atoms with Gasteiger partial charge in [0.05, 0.1) is 6.54 Å². The van der Waals surface area contributed by atoms with Gasteiger partial charge >= 0.3 is 0 Å². The molecule has 1 N–H and O–H groups in total. The molecule has 0 aliphatic carbocycles. The Balaban J connectivity index is 1.32. The number of nitrogens with one attached hydrogen (secondary N) is 1. The van der Waals surface area contributed by atoms with Crippen molar-refractivity contribution in [3.05, 3.63) is 41.8 Å². The fourth-order valence-corrected chi connectivity index (χ4v) is 3.61. The highest BCUT2D eigenvalue weighted by atomic mass is 16.7. The molecular weight excluding hydrogens is 376 g/mol. The van der Waals surface area contributed by atoms with Crippen molar-refractivity contribution in [2.24, 2.45) is 5.16 Å². The fourth-order valence-electron chi connectivity index (χ4n) is 3.61. The van der Waals surface area contributed by atoms with Crippen LogP contribution in [0.5, 0.6) is 0 Å². The molecule has 10 heteroatoms. The number of hydrogen-bond donors (Lipinski definition) is 1. The van der Waals surface area contributed by atoms with E-state index in [0.29, 0.717) is 43.5 Å². The van der Waals surface area contributed by atoms with Crippen molar-refractivity contribution < 1.29 is 18.9 Å². The zero-order valence-corrected chi connectivity index (χ0v) is 16.1. The second-order valence-corrected chi connectivity index (χ2v) is 7.36. The number of piperidine rings is 1. The van der Waals surface area contributed by atoms with Gasteiger partial charge in [0.1, 0.15) is 12.1 Å². The van der Waals surface area contributed by atoms with Crippen LogP contribution in [0.15, 0.2) is 34.2 Å². The minimum atomic E-state index is -0.653. The minimum absolute atomic E-state index is 0.0518. The Kier molecular flexibility index (Phi) is 5.24. The molecule has 10 nitrogen and oxygen atoms in total. The average molecular weight is 398 g/mol. The van der Waals surface area contributed by atoms with E-state index in [1.165, 1.54) is 0 Å². The number of carbonyl (C=O) groups is 2. The highest BCUT2D eigenvalue weighted by molar-refractivity contribution is 6.39. The van der Waals surface area contributed by atoms with Gasteiger partial charge in [-0.05, 0) is 31.4 Å². The smallest absolute Gasteiger partial charge is 0.269 e. The van der Waals surface area contributed by atoms with Gasteiger partial charge in [0, 0.05) is 31.9 Å². The normalized spacial score (nSPS) is 21.0. The van der Waals surface area contributed by atoms with Gasteiger partial charge in [-0.1, -0.05) is 16.4 Å². The molecule has 4 rings (SSSR count). The van der Waals surface area contributed by atoms with Crippen LogP contribution in [-0.4, -0.2) is 56.2 Å². The second-order valence-electron chi connectivity index (χ2n) is 7.36. The van der Waals surface area contributed by atoms with Crippen molar-refractivity contribution in [2.75, 3.05) is 13.1 Å². The Morgan fingerprint density at radius 3 is 3.03 bits per heavy atom. The van der Waals surface area contributed by atoms with Crippen molar-refractivity contribution in [2.45, 2.75) is 44.8 Å². The lowest BCUT2D eigenvalue weighted by Crippen LogP contribution is -2.51. The molecule has 1 atom stereocenters. The van der Waals surface area contributed by atoms with Crippen LogP contribution >= 0.6 is 0 Å². The summed E-state index contributed by atoms with van der Waals surface area (Å²) in [5.41, 5.74) is 0.594. The molecule has 0 bridgehead atoms. The SMILES string of the molecule is Cc1noc(CC(=O)N2CCC[C@@]3(CC(C(=O)NCc4cccnc4)=NO3)C2)n1. The highest BCUT2D eigenvalue weighted by Gasteiger charge is 2.45. The van der Waals surface area contributed by atoms with Crippen LogP contribution in [0.3, 0.4) is 0 Å². The standard InChI is InChI=1S/C19H22N6O4/c1-13-22-16(28-23-13)8-17(26)25-7-3-5-19(12-25)9-15(24-29-19)18(27)21-11-14-4-2-6-20-10-14/h2,4,6,10H,3,5,7-9,11-12H2,1H3,(H,21,27)/t19-/m1/s1. The molecule has 0 saturated carbocycles. The Morgan fingerprint density at radius 1 is 1.38 bits per heavy atom. The zero-order chi connectivity index (χ0) is 20.3. The molecule has 29 heavy (non-hydrogen) atoms. The van der Waals surface area contributed by atoms with Gasteiger partial charge in [0.15, 0.2) is 11.4 Å². The van der Waals surface area contributed by atoms with Gasteiger partial charge in [0.2, 0.25) is 11.8 Å². The molecule has 1 spiro atoms. The maximum Gasteiger partial charge on any atom is 0.269 e. The van der Waals surface area contributed by atoms with Crippen molar-refractivity contribution in [3.63, 3.8) is 0 Å². The number of aryl methyl sites for hydroxylation is 1. The van der Waals surface area contributed by atoms with Crippen molar-refractivity contribution in [1.29, 1.82) is 0 Å². The first-order valence-corrected chi connectivity index (χ1v) is 9.52. The Hall–Kier alpha value is -3.30. The molecule has 2 aromatic rings. The van der Waals surface area contributed by atoms with Gasteiger partial charge in [-0.25, -0.2) is 0 Å². The number of pyridine rings is 1. The largest absolute Gasteiger partial charge is 0.386 e. The molecule has 2 aliphatic heterocycles. The molecule has 0 aromatic carbocycles. The lowest BCUT2D eigenvalue weighted by molar-refractivity contribution is -0.140. The van der Waals surface area contributed by atoms with Crippen LogP contribution in [-0.2, 0) is 27.4 Å². The molecule has 0 radical (unpaired) electrons. The number of amides is 2. The predicted octanol–water partition coefficient (Wildman–Crippen LogP) is 0.769. The summed E-state index contributed by atoms with van der Waals surface area (Å²) in [4.78, 5) is 40.6. The molecule has 152 valence electrons. The first-order valence-electron chi connectivity index (χ1n) is 9.52. The third-order valence-electron chi connectivity index (χ3n) is 5.04. The Labute approximate surface area is 167 Å². The van der Waals surface area contributed by atoms with E-state index in [1.54, 1.807) is 24.2 Å². The molecule has 2 amide bonds. The van der Waals surface area contributed by atoms with Crippen LogP contribution in [0.25, 0.3) is 0 Å². The fraction of sp³-hybridized carbons (Fsp3) is 0.474. The quantitative estimate of drug-likeness (QED) is 0.789. The summed E-state index contributed by atoms with van der Waals surface area (Å²) >= 11 is 0. The minimum Gasteiger partial charge on any atom is -0.386 e. The molecular formula is C19H22N6O4. The van der Waals surface area contributed by atoms with E-state index in [0.717, 1.165) is 18.4 Å². The van der Waals surface area contributed by atoms with E-state index in [9.17, 15) is 9.59 Å². The number of oxime groups is 1. The summed E-state index contributed by atoms with van der Waals surface area (Å²) in [6.07, 6.45) is 5.31. The summed E-state index contributed by atoms with van der Waals surface area (Å²) in [6, 6.07) is 3.70. The first kappa shape index (κ1) is 19.0. The maximum atomic E-state index is 12.6. The lowest BCUT2D eigenvalue weighted by Gasteiger charge is -2.38. The molecule has 2 aliphatic rings. The molecule has 4 heterocycles. The first-order chi connectivity index (χ1) is 14.0. The maximum absolute atomic E-state index is 12.6. The summed E-state index contributed by atoms with van der Waals surface area (Å²) in [6.45, 7) is 3.08. The number of aromatic nitrogens is 3. The van der Waals surface area contributed by atoms with E-state index in [1.807, 2.05) is 12.1 Å². The summed E-state index contributed by atoms with van der Waals surface area (Å²) < 4.78 is 5.03. The molecule has 1 saturated heterocycles. The second kappa shape index (κ2) is 7.98. The predicted molar refractivity (Wildman–Crippen MR) is 101 cm³/mol. The molecule has 2 aromatic heterocycles. The summed E-state index contributed by atoms with van der Waals surface area (Å²) in [5.74, 6) is 0.421. The van der Waals surface area contributed by atoms with Crippen LogP contribution in [0.2, 0.25) is 0 Å². The topological polar surface area (TPSA) is 123 Å². The lowest BCUT2D eigenvalue weighted by atomic mass is 9.88. The highest BCUT2D eigenvalue weighted by Crippen LogP contribution is 2.33.